The van der Waals surface area contributed by atoms with Gasteiger partial charge in [-0.3, -0.25) is 0 Å². The summed E-state index contributed by atoms with van der Waals surface area (Å²) in [5.74, 6) is 23.7. The Morgan fingerprint density at radius 3 is 1.03 bits per heavy atom. The van der Waals surface area contributed by atoms with Crippen LogP contribution >= 0.6 is 0 Å². The minimum atomic E-state index is 0.571. The molecule has 0 heterocycles. The first-order chi connectivity index (χ1) is 42.1. The van der Waals surface area contributed by atoms with E-state index < -0.39 is 0 Å². The maximum absolute atomic E-state index is 2.48. The molecule has 0 amide bonds. The molecule has 0 spiro atoms. The average molecular weight is 1240 g/mol. The Balaban J connectivity index is 0.000000141. The number of hydrogen-bond acceptors (Lipinski definition) is 0. The van der Waals surface area contributed by atoms with Crippen molar-refractivity contribution in [3.63, 3.8) is 0 Å². The van der Waals surface area contributed by atoms with E-state index in [1.807, 2.05) is 0 Å². The predicted molar refractivity (Wildman–Crippen MR) is 396 cm³/mol. The molecule has 17 rings (SSSR count). The fourth-order valence-corrected chi connectivity index (χ4v) is 24.1. The molecule has 0 aromatic heterocycles. The van der Waals surface area contributed by atoms with Gasteiger partial charge in [0.25, 0.3) is 0 Å². The zero-order chi connectivity index (χ0) is 64.9. The summed E-state index contributed by atoms with van der Waals surface area (Å²) in [5, 5.41) is 0. The Kier molecular flexibility index (Phi) is 30.0. The van der Waals surface area contributed by atoms with Gasteiger partial charge in [0.2, 0.25) is 0 Å². The molecule has 17 saturated carbocycles. The summed E-state index contributed by atoms with van der Waals surface area (Å²) < 4.78 is 0. The third kappa shape index (κ3) is 21.5. The van der Waals surface area contributed by atoms with E-state index in [0.717, 1.165) is 136 Å². The lowest BCUT2D eigenvalue weighted by atomic mass is 9.58. The Labute approximate surface area is 562 Å². The number of hydrogen-bond donors (Lipinski definition) is 0. The summed E-state index contributed by atoms with van der Waals surface area (Å²) in [6.07, 6.45) is 63.4. The fourth-order valence-electron chi connectivity index (χ4n) is 24.1. The zero-order valence-electron chi connectivity index (χ0n) is 64.9. The van der Waals surface area contributed by atoms with Crippen LogP contribution in [0.2, 0.25) is 0 Å². The van der Waals surface area contributed by atoms with Crippen LogP contribution in [-0.2, 0) is 0 Å². The quantitative estimate of drug-likeness (QED) is 0.264. The minimum absolute atomic E-state index is 0.571. The van der Waals surface area contributed by atoms with Crippen molar-refractivity contribution in [1.29, 1.82) is 0 Å². The molecule has 522 valence electrons. The molecule has 0 saturated heterocycles. The Bertz CT molecular complexity index is 1880. The van der Waals surface area contributed by atoms with Gasteiger partial charge in [-0.25, -0.2) is 0 Å². The molecule has 17 aliphatic rings. The van der Waals surface area contributed by atoms with Gasteiger partial charge in [-0.2, -0.15) is 0 Å². The van der Waals surface area contributed by atoms with Crippen molar-refractivity contribution >= 4 is 0 Å². The van der Waals surface area contributed by atoms with Gasteiger partial charge < -0.3 is 0 Å². The molecular weight excluding hydrogens is 1070 g/mol. The van der Waals surface area contributed by atoms with E-state index in [1.54, 1.807) is 89.9 Å². The van der Waals surface area contributed by atoms with Gasteiger partial charge in [0.15, 0.2) is 0 Å². The highest BCUT2D eigenvalue weighted by atomic mass is 14.6. The van der Waals surface area contributed by atoms with E-state index in [1.165, 1.54) is 180 Å². The van der Waals surface area contributed by atoms with Crippen LogP contribution < -0.4 is 0 Å². The van der Waals surface area contributed by atoms with Crippen LogP contribution in [0, 0.1) is 157 Å². The second kappa shape index (κ2) is 35.0. The molecular formula is C89H166. The lowest BCUT2D eigenvalue weighted by molar-refractivity contribution is 0.0286. The van der Waals surface area contributed by atoms with E-state index in [2.05, 4.69) is 138 Å². The molecule has 12 bridgehead atoms. The first kappa shape index (κ1) is 76.4. The van der Waals surface area contributed by atoms with Crippen molar-refractivity contribution < 1.29 is 0 Å². The molecule has 0 N–H and O–H groups in total. The van der Waals surface area contributed by atoms with Gasteiger partial charge in [0.05, 0.1) is 0 Å². The Hall–Kier alpha value is 0. The van der Waals surface area contributed by atoms with Crippen molar-refractivity contribution in [2.24, 2.45) is 157 Å². The lowest BCUT2D eigenvalue weighted by Gasteiger charge is -2.47. The minimum Gasteiger partial charge on any atom is -0.0651 e. The van der Waals surface area contributed by atoms with Gasteiger partial charge >= 0.3 is 0 Å². The van der Waals surface area contributed by atoms with E-state index in [9.17, 15) is 0 Å². The summed E-state index contributed by atoms with van der Waals surface area (Å²) in [6, 6.07) is 0. The van der Waals surface area contributed by atoms with E-state index >= 15 is 0 Å². The maximum Gasteiger partial charge on any atom is -0.0297 e. The topological polar surface area (TPSA) is 0 Å². The van der Waals surface area contributed by atoms with Crippen LogP contribution in [0.15, 0.2) is 0 Å². The van der Waals surface area contributed by atoms with E-state index in [0.29, 0.717) is 21.7 Å². The predicted octanol–water partition coefficient (Wildman–Crippen LogP) is 29.4. The van der Waals surface area contributed by atoms with Crippen LogP contribution in [0.3, 0.4) is 0 Å². The van der Waals surface area contributed by atoms with Gasteiger partial charge in [-0.1, -0.05) is 267 Å². The van der Waals surface area contributed by atoms with Gasteiger partial charge in [0, 0.05) is 0 Å². The second-order valence-electron chi connectivity index (χ2n) is 40.0. The van der Waals surface area contributed by atoms with Crippen molar-refractivity contribution in [3.05, 3.63) is 0 Å². The summed E-state index contributed by atoms with van der Waals surface area (Å²) in [5.41, 5.74) is 3.22. The van der Waals surface area contributed by atoms with Crippen LogP contribution in [0.1, 0.15) is 408 Å². The highest BCUT2D eigenvalue weighted by Gasteiger charge is 2.51. The maximum atomic E-state index is 2.48. The Morgan fingerprint density at radius 1 is 0.303 bits per heavy atom. The normalized spacial score (nSPS) is 42.9. The average Bonchev–Trinajstić information content (AvgIpc) is 2.34. The molecule has 0 aliphatic heterocycles. The van der Waals surface area contributed by atoms with E-state index in [4.69, 9.17) is 0 Å². The first-order valence-electron chi connectivity index (χ1n) is 42.1. The van der Waals surface area contributed by atoms with Crippen LogP contribution in [0.25, 0.3) is 0 Å². The largest absolute Gasteiger partial charge is 0.0651 e. The fraction of sp³-hybridized carbons (Fsp3) is 1.00. The monoisotopic (exact) mass is 1240 g/mol. The molecule has 17 aliphatic carbocycles. The molecule has 12 unspecified atom stereocenters. The molecule has 18 atom stereocenters. The van der Waals surface area contributed by atoms with Crippen LogP contribution in [0.5, 0.6) is 0 Å². The summed E-state index contributed by atoms with van der Waals surface area (Å²) in [7, 11) is 0. The van der Waals surface area contributed by atoms with Gasteiger partial charge in [-0.05, 0) is 299 Å². The Morgan fingerprint density at radius 2 is 0.775 bits per heavy atom. The molecule has 0 aromatic rings. The molecule has 0 aromatic carbocycles. The van der Waals surface area contributed by atoms with Gasteiger partial charge in [-0.15, -0.1) is 0 Å². The zero-order valence-corrected chi connectivity index (χ0v) is 64.9. The number of fused-ring (bicyclic) bond motifs is 13. The van der Waals surface area contributed by atoms with E-state index in [-0.39, 0.29) is 0 Å². The third-order valence-electron chi connectivity index (χ3n) is 33.3. The van der Waals surface area contributed by atoms with Crippen molar-refractivity contribution in [3.8, 4) is 0 Å². The highest BCUT2D eigenvalue weighted by molar-refractivity contribution is 5.00. The molecule has 0 radical (unpaired) electrons. The van der Waals surface area contributed by atoms with Crippen LogP contribution in [-0.4, -0.2) is 0 Å². The van der Waals surface area contributed by atoms with Crippen molar-refractivity contribution in [2.45, 2.75) is 408 Å². The van der Waals surface area contributed by atoms with Crippen molar-refractivity contribution in [1.82, 2.24) is 0 Å². The first-order valence-corrected chi connectivity index (χ1v) is 42.1. The molecule has 0 nitrogen and oxygen atoms in total. The summed E-state index contributed by atoms with van der Waals surface area (Å²) >= 11 is 0. The smallest absolute Gasteiger partial charge is 0.0297 e. The lowest BCUT2D eigenvalue weighted by Crippen LogP contribution is -2.38. The van der Waals surface area contributed by atoms with Crippen molar-refractivity contribution in [2.75, 3.05) is 0 Å². The molecule has 17 fully saturated rings. The SMILES string of the molecule is CC1C(C)(C)CCCC1(C)C.CC1C2CCC(C2)[C@H]1C.CCC1CC2CCC1C2.CCC1CCCC1.CCC1CCCCC1.C[C@@H]1C2CCC(C2)C1(C)C.C[C@@H]1CCCCC1(C)C.C[C@H]1CC2CCC1(C)C2.C[C@H]1CC2CCC1C2.C[C@H]1CC2CCC1CC2. The highest BCUT2D eigenvalue weighted by Crippen LogP contribution is 2.60. The van der Waals surface area contributed by atoms with Crippen LogP contribution in [0.4, 0.5) is 0 Å². The molecule has 89 heavy (non-hydrogen) atoms. The third-order valence-corrected chi connectivity index (χ3v) is 33.3. The summed E-state index contributed by atoms with van der Waals surface area (Å²) in [4.78, 5) is 0. The molecule has 0 heteroatoms. The summed E-state index contributed by atoms with van der Waals surface area (Å²) in [6.45, 7) is 48.2. The second-order valence-corrected chi connectivity index (χ2v) is 40.0. The standard InChI is InChI=1S/C11H22.C10H18.4C9H16.C9H18.C8H14.C8H16.C7H14/c1-9-10(2,3)7-6-8-11(9,4)5;1-7-8-4-5-9(6-8)10(7,2)3;1-7-5-8-3-4-9(7,2)6-8;1-6-7(2)9-4-3-8(6)5-9;1-7-6-8-2-4-9(7)5-3-8;1-2-8-5-7-3-4-9(8)6-7;1-8-6-4-5-7-9(8,2)3;1-6-4-7-2-3-8(6)5-7;1-2-8-6-4-3-5-7-8;1-2-7-5-3-4-6-7/h9H,6-8H2,1-5H3;7-9H,4-6H2,1-3H3;7-8H,3-6H2,1-2H3;6-9H,3-5H2,1-2H3;2*7-9H,2-6H2,1H3;8H,4-7H2,1-3H3;6-8H,2-5H2,1H3;8H,2-7H2,1H3;7H,2-6H2,1H3/t;2*7-,8?,9?;6-,7?,8?,9?;7-,8?,9?;;8-;6-,7?,8?;;/m.1000.10../s1. The van der Waals surface area contributed by atoms with Gasteiger partial charge in [0.1, 0.15) is 0 Å². The number of rotatable bonds is 3.